The van der Waals surface area contributed by atoms with Crippen molar-refractivity contribution >= 4 is 16.9 Å². The van der Waals surface area contributed by atoms with E-state index >= 15 is 0 Å². The van der Waals surface area contributed by atoms with Crippen molar-refractivity contribution in [2.75, 3.05) is 13.1 Å². The number of carbonyl (C=O) groups is 1. The number of carbonyl (C=O) groups excluding carboxylic acids is 1. The van der Waals surface area contributed by atoms with Gasteiger partial charge in [-0.1, -0.05) is 0 Å². The average Bonchev–Trinajstić information content (AvgIpc) is 3.18. The van der Waals surface area contributed by atoms with Crippen LogP contribution in [-0.4, -0.2) is 40.5 Å². The Morgan fingerprint density at radius 3 is 2.91 bits per heavy atom. The number of halogens is 1. The zero-order valence-electron chi connectivity index (χ0n) is 12.7. The van der Waals surface area contributed by atoms with Crippen molar-refractivity contribution in [3.8, 4) is 0 Å². The summed E-state index contributed by atoms with van der Waals surface area (Å²) in [4.78, 5) is 19.1. The van der Waals surface area contributed by atoms with Gasteiger partial charge in [0.05, 0.1) is 23.9 Å². The quantitative estimate of drug-likeness (QED) is 0.924. The van der Waals surface area contributed by atoms with Crippen LogP contribution < -0.4 is 5.32 Å². The molecule has 6 rings (SSSR count). The molecular weight excluding hydrogens is 297 g/mol. The first-order chi connectivity index (χ1) is 11.2. The Labute approximate surface area is 132 Å². The summed E-state index contributed by atoms with van der Waals surface area (Å²) in [6, 6.07) is 1.65. The van der Waals surface area contributed by atoms with Crippen molar-refractivity contribution in [2.45, 2.75) is 37.3 Å². The molecule has 3 aliphatic heterocycles. The second-order valence-electron chi connectivity index (χ2n) is 7.00. The summed E-state index contributed by atoms with van der Waals surface area (Å²) in [7, 11) is 0. The summed E-state index contributed by atoms with van der Waals surface area (Å²) in [5.74, 6) is -0.498. The monoisotopic (exact) mass is 315 g/mol. The van der Waals surface area contributed by atoms with Crippen LogP contribution in [0, 0.1) is 11.7 Å². The molecule has 1 saturated carbocycles. The molecular formula is C17H18FN3O2. The molecule has 0 radical (unpaired) electrons. The molecule has 1 aliphatic carbocycles. The molecule has 1 spiro atoms. The van der Waals surface area contributed by atoms with Crippen LogP contribution in [0.5, 0.6) is 0 Å². The van der Waals surface area contributed by atoms with Crippen molar-refractivity contribution in [3.63, 3.8) is 0 Å². The van der Waals surface area contributed by atoms with E-state index in [2.05, 4.69) is 15.2 Å². The first kappa shape index (κ1) is 13.5. The molecule has 0 aromatic carbocycles. The highest BCUT2D eigenvalue weighted by molar-refractivity contribution is 5.96. The number of aromatic nitrogens is 1. The largest absolute Gasteiger partial charge is 0.463 e. The molecule has 5 heterocycles. The number of nitrogens with one attached hydrogen (secondary N) is 1. The van der Waals surface area contributed by atoms with Crippen LogP contribution in [0.15, 0.2) is 22.9 Å². The highest BCUT2D eigenvalue weighted by Crippen LogP contribution is 2.53. The van der Waals surface area contributed by atoms with Gasteiger partial charge in [-0.3, -0.25) is 9.69 Å². The maximum absolute atomic E-state index is 14.5. The van der Waals surface area contributed by atoms with Gasteiger partial charge in [-0.15, -0.1) is 0 Å². The molecule has 1 atom stereocenters. The Balaban J connectivity index is 1.45. The maximum atomic E-state index is 14.5. The number of fused-ring (bicyclic) bond motifs is 3. The van der Waals surface area contributed by atoms with E-state index in [1.165, 1.54) is 18.5 Å². The molecule has 2 aromatic rings. The van der Waals surface area contributed by atoms with Crippen molar-refractivity contribution in [1.29, 1.82) is 0 Å². The van der Waals surface area contributed by atoms with Gasteiger partial charge in [0.25, 0.3) is 5.91 Å². The molecule has 4 aliphatic rings. The number of nitrogens with zero attached hydrogens (tertiary/aromatic N) is 2. The fourth-order valence-corrected chi connectivity index (χ4v) is 4.60. The first-order valence-corrected chi connectivity index (χ1v) is 8.27. The van der Waals surface area contributed by atoms with Crippen LogP contribution in [0.2, 0.25) is 0 Å². The van der Waals surface area contributed by atoms with Gasteiger partial charge in [-0.2, -0.15) is 0 Å². The number of amides is 1. The summed E-state index contributed by atoms with van der Waals surface area (Å²) < 4.78 is 19.6. The lowest BCUT2D eigenvalue weighted by Gasteiger charge is -2.52. The lowest BCUT2D eigenvalue weighted by Crippen LogP contribution is -2.65. The molecule has 4 fully saturated rings. The summed E-state index contributed by atoms with van der Waals surface area (Å²) >= 11 is 0. The molecule has 6 heteroatoms. The highest BCUT2D eigenvalue weighted by atomic mass is 19.1. The number of piperidine rings is 3. The molecule has 2 aromatic heterocycles. The molecule has 1 amide bonds. The Kier molecular flexibility index (Phi) is 2.66. The lowest BCUT2D eigenvalue weighted by molar-refractivity contribution is -0.00159. The van der Waals surface area contributed by atoms with Crippen LogP contribution >= 0.6 is 0 Å². The van der Waals surface area contributed by atoms with E-state index in [1.807, 2.05) is 0 Å². The van der Waals surface area contributed by atoms with Gasteiger partial charge in [0.2, 0.25) is 0 Å². The predicted molar refractivity (Wildman–Crippen MR) is 81.5 cm³/mol. The van der Waals surface area contributed by atoms with E-state index in [4.69, 9.17) is 4.42 Å². The third-order valence-electron chi connectivity index (χ3n) is 5.93. The van der Waals surface area contributed by atoms with Crippen molar-refractivity contribution in [2.24, 2.45) is 5.92 Å². The number of hydrogen-bond acceptors (Lipinski definition) is 4. The molecule has 1 N–H and O–H groups in total. The van der Waals surface area contributed by atoms with Gasteiger partial charge >= 0.3 is 0 Å². The molecule has 23 heavy (non-hydrogen) atoms. The molecule has 2 bridgehead atoms. The number of pyridine rings is 1. The van der Waals surface area contributed by atoms with E-state index in [-0.39, 0.29) is 17.3 Å². The third kappa shape index (κ3) is 1.81. The van der Waals surface area contributed by atoms with Crippen molar-refractivity contribution in [3.05, 3.63) is 30.0 Å². The Morgan fingerprint density at radius 2 is 2.17 bits per heavy atom. The van der Waals surface area contributed by atoms with E-state index in [0.29, 0.717) is 16.9 Å². The Bertz CT molecular complexity index is 790. The minimum atomic E-state index is -0.597. The molecule has 5 nitrogen and oxygen atoms in total. The minimum Gasteiger partial charge on any atom is -0.463 e. The van der Waals surface area contributed by atoms with Gasteiger partial charge in [0.15, 0.2) is 17.1 Å². The van der Waals surface area contributed by atoms with E-state index in [1.54, 1.807) is 0 Å². The average molecular weight is 315 g/mol. The normalized spacial score (nSPS) is 30.7. The van der Waals surface area contributed by atoms with Crippen LogP contribution in [0.3, 0.4) is 0 Å². The molecule has 1 unspecified atom stereocenters. The number of hydrogen-bond donors (Lipinski definition) is 1. The maximum Gasteiger partial charge on any atom is 0.273 e. The van der Waals surface area contributed by atoms with Crippen molar-refractivity contribution in [1.82, 2.24) is 15.2 Å². The standard InChI is InChI=1S/C17H18FN3O2/c18-13-11-3-8-23-12(11)9-19-14(13)16(22)20-15-10-1-6-21(7-2-10)17(15)4-5-17/h3,8-10,15H,1-2,4-7H2,(H,20,22). The van der Waals surface area contributed by atoms with E-state index in [9.17, 15) is 9.18 Å². The number of rotatable bonds is 2. The zero-order chi connectivity index (χ0) is 15.6. The Hall–Kier alpha value is -1.95. The van der Waals surface area contributed by atoms with Gasteiger partial charge in [-0.25, -0.2) is 9.37 Å². The number of furan rings is 1. The third-order valence-corrected chi connectivity index (χ3v) is 5.93. The SMILES string of the molecule is O=C(NC1C2CCN(CC2)C12CC2)c1ncc2occc2c1F. The smallest absolute Gasteiger partial charge is 0.273 e. The predicted octanol–water partition coefficient (Wildman–Crippen LogP) is 2.32. The lowest BCUT2D eigenvalue weighted by atomic mass is 9.77. The minimum absolute atomic E-state index is 0.124. The summed E-state index contributed by atoms with van der Waals surface area (Å²) in [5, 5.41) is 3.41. The first-order valence-electron chi connectivity index (χ1n) is 8.27. The van der Waals surface area contributed by atoms with Gasteiger partial charge in [0.1, 0.15) is 0 Å². The summed E-state index contributed by atoms with van der Waals surface area (Å²) in [5.41, 5.74) is 0.360. The highest BCUT2D eigenvalue weighted by Gasteiger charge is 2.60. The van der Waals surface area contributed by atoms with E-state index < -0.39 is 11.7 Å². The van der Waals surface area contributed by atoms with Crippen LogP contribution in [-0.2, 0) is 0 Å². The van der Waals surface area contributed by atoms with E-state index in [0.717, 1.165) is 38.8 Å². The van der Waals surface area contributed by atoms with Crippen LogP contribution in [0.4, 0.5) is 4.39 Å². The van der Waals surface area contributed by atoms with Crippen molar-refractivity contribution < 1.29 is 13.6 Å². The van der Waals surface area contributed by atoms with Gasteiger partial charge < -0.3 is 9.73 Å². The second kappa shape index (κ2) is 4.54. The second-order valence-corrected chi connectivity index (χ2v) is 7.00. The fourth-order valence-electron chi connectivity index (χ4n) is 4.60. The van der Waals surface area contributed by atoms with Crippen LogP contribution in [0.25, 0.3) is 11.0 Å². The summed E-state index contributed by atoms with van der Waals surface area (Å²) in [6.07, 6.45) is 7.31. The topological polar surface area (TPSA) is 58.4 Å². The zero-order valence-corrected chi connectivity index (χ0v) is 12.7. The van der Waals surface area contributed by atoms with Crippen LogP contribution in [0.1, 0.15) is 36.2 Å². The van der Waals surface area contributed by atoms with Gasteiger partial charge in [0, 0.05) is 5.54 Å². The molecule has 3 saturated heterocycles. The Morgan fingerprint density at radius 1 is 1.39 bits per heavy atom. The summed E-state index contributed by atoms with van der Waals surface area (Å²) in [6.45, 7) is 2.26. The fraction of sp³-hybridized carbons (Fsp3) is 0.529. The molecule has 120 valence electrons. The van der Waals surface area contributed by atoms with Gasteiger partial charge in [-0.05, 0) is 50.8 Å².